The second-order valence-electron chi connectivity index (χ2n) is 1.91. The Morgan fingerprint density at radius 2 is 1.20 bits per heavy atom. The number of aliphatic imine (C=N–C) groups is 2. The summed E-state index contributed by atoms with van der Waals surface area (Å²) in [5.41, 5.74) is 0. The van der Waals surface area contributed by atoms with Crippen molar-refractivity contribution in [2.24, 2.45) is 9.98 Å². The van der Waals surface area contributed by atoms with E-state index >= 15 is 0 Å². The van der Waals surface area contributed by atoms with Gasteiger partial charge in [0.1, 0.15) is 0 Å². The van der Waals surface area contributed by atoms with Crippen LogP contribution in [0.2, 0.25) is 5.28 Å². The standard InChI is InChI=1S/C5Cl5N5/c6-1(7)11-4-13-3(10)14-5(15-4)12-2(8)9. The van der Waals surface area contributed by atoms with Gasteiger partial charge in [-0.1, -0.05) is 0 Å². The molecular weight excluding hydrogens is 307 g/mol. The molecule has 0 saturated carbocycles. The van der Waals surface area contributed by atoms with Gasteiger partial charge in [-0.2, -0.15) is 24.9 Å². The Kier molecular flexibility index (Phi) is 4.95. The Morgan fingerprint density at radius 1 is 0.800 bits per heavy atom. The summed E-state index contributed by atoms with van der Waals surface area (Å²) in [6.07, 6.45) is 0. The molecule has 0 aliphatic carbocycles. The molecule has 1 heterocycles. The van der Waals surface area contributed by atoms with Gasteiger partial charge in [-0.3, -0.25) is 0 Å². The van der Waals surface area contributed by atoms with Crippen molar-refractivity contribution in [2.75, 3.05) is 0 Å². The van der Waals surface area contributed by atoms with Crippen LogP contribution in [0.3, 0.4) is 0 Å². The molecule has 1 aromatic heterocycles. The van der Waals surface area contributed by atoms with Crippen LogP contribution in [-0.2, 0) is 0 Å². The van der Waals surface area contributed by atoms with Crippen LogP contribution in [0.25, 0.3) is 0 Å². The quantitative estimate of drug-likeness (QED) is 0.786. The van der Waals surface area contributed by atoms with Crippen molar-refractivity contribution in [3.63, 3.8) is 0 Å². The van der Waals surface area contributed by atoms with E-state index in [-0.39, 0.29) is 26.4 Å². The Bertz CT molecular complexity index is 386. The summed E-state index contributed by atoms with van der Waals surface area (Å²) in [6.45, 7) is 0. The Morgan fingerprint density at radius 3 is 1.53 bits per heavy atom. The summed E-state index contributed by atoms with van der Waals surface area (Å²) < 4.78 is -0.548. The Hall–Kier alpha value is -0.200. The van der Waals surface area contributed by atoms with E-state index in [1.165, 1.54) is 0 Å². The first-order valence-corrected chi connectivity index (χ1v) is 5.07. The van der Waals surface area contributed by atoms with Crippen LogP contribution in [-0.4, -0.2) is 24.2 Å². The van der Waals surface area contributed by atoms with E-state index in [1.807, 2.05) is 0 Å². The molecule has 1 aromatic rings. The molecule has 15 heavy (non-hydrogen) atoms. The smallest absolute Gasteiger partial charge is 0.187 e. The summed E-state index contributed by atoms with van der Waals surface area (Å²) in [6, 6.07) is 0. The van der Waals surface area contributed by atoms with Crippen molar-refractivity contribution >= 4 is 79.2 Å². The topological polar surface area (TPSA) is 63.4 Å². The van der Waals surface area contributed by atoms with Crippen molar-refractivity contribution in [1.82, 2.24) is 15.0 Å². The van der Waals surface area contributed by atoms with E-state index in [4.69, 9.17) is 58.0 Å². The van der Waals surface area contributed by atoms with Crippen LogP contribution in [0.1, 0.15) is 0 Å². The van der Waals surface area contributed by atoms with Gasteiger partial charge in [-0.25, -0.2) is 0 Å². The average Bonchev–Trinajstić information content (AvgIpc) is 1.98. The minimum absolute atomic E-state index is 0.0941. The maximum atomic E-state index is 5.54. The van der Waals surface area contributed by atoms with E-state index in [2.05, 4.69) is 24.9 Å². The first kappa shape index (κ1) is 12.9. The predicted octanol–water partition coefficient (Wildman–Crippen LogP) is 3.46. The summed E-state index contributed by atoms with van der Waals surface area (Å²) in [5.74, 6) is -0.188. The largest absolute Gasteiger partial charge is 0.257 e. The Balaban J connectivity index is 3.17. The number of hydrogen-bond donors (Lipinski definition) is 0. The van der Waals surface area contributed by atoms with Crippen molar-refractivity contribution in [1.29, 1.82) is 0 Å². The van der Waals surface area contributed by atoms with Gasteiger partial charge in [0.05, 0.1) is 0 Å². The van der Waals surface area contributed by atoms with Gasteiger partial charge in [0.25, 0.3) is 11.9 Å². The molecule has 1 rings (SSSR count). The summed E-state index contributed by atoms with van der Waals surface area (Å²) in [4.78, 5) is 18.0. The van der Waals surface area contributed by atoms with E-state index in [0.29, 0.717) is 0 Å². The van der Waals surface area contributed by atoms with Gasteiger partial charge in [0.2, 0.25) is 5.28 Å². The molecule has 0 atom stereocenters. The zero-order valence-electron chi connectivity index (χ0n) is 6.63. The van der Waals surface area contributed by atoms with Crippen LogP contribution in [0.15, 0.2) is 9.98 Å². The second-order valence-corrected chi connectivity index (χ2v) is 4.07. The van der Waals surface area contributed by atoms with Gasteiger partial charge in [-0.15, -0.1) is 0 Å². The molecule has 0 aliphatic heterocycles. The van der Waals surface area contributed by atoms with Gasteiger partial charge in [0.15, 0.2) is 9.26 Å². The minimum Gasteiger partial charge on any atom is -0.187 e. The third-order valence-corrected chi connectivity index (χ3v) is 1.46. The van der Waals surface area contributed by atoms with Gasteiger partial charge >= 0.3 is 0 Å². The molecule has 5 nitrogen and oxygen atoms in total. The second kappa shape index (κ2) is 5.77. The number of rotatable bonds is 2. The molecule has 0 N–H and O–H groups in total. The van der Waals surface area contributed by atoms with Crippen LogP contribution in [0.4, 0.5) is 11.9 Å². The summed E-state index contributed by atoms with van der Waals surface area (Å²) in [7, 11) is 0. The van der Waals surface area contributed by atoms with Gasteiger partial charge in [0, 0.05) is 0 Å². The van der Waals surface area contributed by atoms with Crippen LogP contribution >= 0.6 is 58.0 Å². The highest BCUT2D eigenvalue weighted by atomic mass is 35.5. The molecule has 0 saturated heterocycles. The van der Waals surface area contributed by atoms with E-state index in [9.17, 15) is 0 Å². The molecular formula is C5Cl5N5. The number of halogens is 5. The summed E-state index contributed by atoms with van der Waals surface area (Å²) in [5, 5.41) is -0.133. The summed E-state index contributed by atoms with van der Waals surface area (Å²) >= 11 is 26.8. The van der Waals surface area contributed by atoms with E-state index in [1.54, 1.807) is 0 Å². The maximum absolute atomic E-state index is 5.54. The minimum atomic E-state index is -0.274. The van der Waals surface area contributed by atoms with Crippen LogP contribution in [0, 0.1) is 0 Å². The normalized spacial score (nSPS) is 9.67. The van der Waals surface area contributed by atoms with E-state index < -0.39 is 0 Å². The van der Waals surface area contributed by atoms with Crippen molar-refractivity contribution in [3.8, 4) is 0 Å². The first-order valence-electron chi connectivity index (χ1n) is 3.18. The van der Waals surface area contributed by atoms with Gasteiger partial charge in [-0.05, 0) is 58.0 Å². The zero-order chi connectivity index (χ0) is 11.4. The molecule has 0 unspecified atom stereocenters. The lowest BCUT2D eigenvalue weighted by Crippen LogP contribution is -1.89. The molecule has 0 radical (unpaired) electrons. The fraction of sp³-hybridized carbons (Fsp3) is 0. The highest BCUT2D eigenvalue weighted by molar-refractivity contribution is 6.96. The molecule has 0 aliphatic rings. The van der Waals surface area contributed by atoms with Crippen LogP contribution < -0.4 is 0 Å². The average molecular weight is 307 g/mol. The third kappa shape index (κ3) is 4.90. The predicted molar refractivity (Wildman–Crippen MR) is 62.4 cm³/mol. The van der Waals surface area contributed by atoms with E-state index in [0.717, 1.165) is 0 Å². The number of hydrogen-bond acceptors (Lipinski definition) is 5. The zero-order valence-corrected chi connectivity index (χ0v) is 10.4. The lowest BCUT2D eigenvalue weighted by molar-refractivity contribution is 1.03. The molecule has 0 bridgehead atoms. The van der Waals surface area contributed by atoms with Gasteiger partial charge < -0.3 is 0 Å². The molecule has 0 amide bonds. The maximum Gasteiger partial charge on any atom is 0.257 e. The monoisotopic (exact) mass is 305 g/mol. The fourth-order valence-electron chi connectivity index (χ4n) is 0.581. The van der Waals surface area contributed by atoms with Crippen LogP contribution in [0.5, 0.6) is 0 Å². The first-order chi connectivity index (χ1) is 6.97. The molecule has 0 fully saturated rings. The van der Waals surface area contributed by atoms with Crippen molar-refractivity contribution < 1.29 is 0 Å². The fourth-order valence-corrected chi connectivity index (χ4v) is 1.03. The molecule has 0 aromatic carbocycles. The molecule has 80 valence electrons. The molecule has 0 spiro atoms. The van der Waals surface area contributed by atoms with Crippen molar-refractivity contribution in [3.05, 3.63) is 5.28 Å². The third-order valence-electron chi connectivity index (χ3n) is 0.954. The highest BCUT2D eigenvalue weighted by Gasteiger charge is 2.04. The highest BCUT2D eigenvalue weighted by Crippen LogP contribution is 2.16. The lowest BCUT2D eigenvalue weighted by atomic mass is 10.9. The lowest BCUT2D eigenvalue weighted by Gasteiger charge is -1.95. The number of aromatic nitrogens is 3. The Labute approximate surface area is 109 Å². The SMILES string of the molecule is ClC(Cl)=Nc1nc(Cl)nc(N=C(Cl)Cl)n1. The van der Waals surface area contributed by atoms with Crippen molar-refractivity contribution in [2.45, 2.75) is 0 Å². The number of nitrogens with zero attached hydrogens (tertiary/aromatic N) is 5. The molecule has 10 heteroatoms.